The minimum Gasteiger partial charge on any atom is -0.474 e. The molecule has 25 heavy (non-hydrogen) atoms. The van der Waals surface area contributed by atoms with Gasteiger partial charge in [-0.15, -0.1) is 0 Å². The van der Waals surface area contributed by atoms with Crippen LogP contribution in [0.5, 0.6) is 5.88 Å². The van der Waals surface area contributed by atoms with Crippen LogP contribution in [0.2, 0.25) is 10.0 Å². The van der Waals surface area contributed by atoms with Crippen LogP contribution in [0.25, 0.3) is 0 Å². The number of hydrogen-bond donors (Lipinski definition) is 0. The number of hydrogen-bond acceptors (Lipinski definition) is 3. The molecule has 1 aromatic heterocycles. The van der Waals surface area contributed by atoms with Crippen molar-refractivity contribution in [2.45, 2.75) is 43.9 Å². The molecule has 0 saturated carbocycles. The molecule has 0 radical (unpaired) electrons. The van der Waals surface area contributed by atoms with Gasteiger partial charge in [-0.3, -0.25) is 4.79 Å². The molecule has 3 heterocycles. The Bertz CT molecular complexity index is 770. The average molecular weight is 377 g/mol. The zero-order valence-corrected chi connectivity index (χ0v) is 15.1. The fourth-order valence-corrected chi connectivity index (χ4v) is 4.43. The summed E-state index contributed by atoms with van der Waals surface area (Å²) < 4.78 is 6.02. The van der Waals surface area contributed by atoms with Crippen molar-refractivity contribution in [2.24, 2.45) is 0 Å². The third kappa shape index (κ3) is 3.33. The number of ether oxygens (including phenoxy) is 1. The van der Waals surface area contributed by atoms with Gasteiger partial charge in [-0.25, -0.2) is 4.98 Å². The van der Waals surface area contributed by atoms with E-state index in [2.05, 4.69) is 4.98 Å². The molecule has 2 unspecified atom stereocenters. The summed E-state index contributed by atoms with van der Waals surface area (Å²) in [4.78, 5) is 19.2. The van der Waals surface area contributed by atoms with Crippen molar-refractivity contribution < 1.29 is 9.53 Å². The zero-order chi connectivity index (χ0) is 17.4. The lowest BCUT2D eigenvalue weighted by Crippen LogP contribution is -2.49. The fraction of sp³-hybridized carbons (Fsp3) is 0.368. The van der Waals surface area contributed by atoms with E-state index in [1.165, 1.54) is 0 Å². The van der Waals surface area contributed by atoms with Crippen molar-refractivity contribution in [1.29, 1.82) is 0 Å². The summed E-state index contributed by atoms with van der Waals surface area (Å²) in [6, 6.07) is 11.1. The van der Waals surface area contributed by atoms with E-state index < -0.39 is 0 Å². The molecule has 1 amide bonds. The number of carbonyl (C=O) groups is 1. The molecule has 2 aliphatic rings. The Kier molecular flexibility index (Phi) is 4.57. The molecule has 2 saturated heterocycles. The second kappa shape index (κ2) is 6.85. The summed E-state index contributed by atoms with van der Waals surface area (Å²) in [6.45, 7) is 0. The molecular weight excluding hydrogens is 359 g/mol. The summed E-state index contributed by atoms with van der Waals surface area (Å²) in [5.74, 6) is 0.637. The number of carbonyl (C=O) groups excluding carboxylic acids is 1. The van der Waals surface area contributed by atoms with Crippen LogP contribution in [0.3, 0.4) is 0 Å². The predicted molar refractivity (Wildman–Crippen MR) is 97.3 cm³/mol. The van der Waals surface area contributed by atoms with Gasteiger partial charge in [0.25, 0.3) is 5.91 Å². The molecule has 4 rings (SSSR count). The normalized spacial score (nSPS) is 25.0. The number of rotatable bonds is 3. The van der Waals surface area contributed by atoms with Gasteiger partial charge in [0.15, 0.2) is 0 Å². The van der Waals surface area contributed by atoms with E-state index in [1.807, 2.05) is 23.1 Å². The van der Waals surface area contributed by atoms with Crippen LogP contribution >= 0.6 is 23.2 Å². The lowest BCUT2D eigenvalue weighted by molar-refractivity contribution is 0.0348. The van der Waals surface area contributed by atoms with Gasteiger partial charge in [-0.05, 0) is 37.1 Å². The minimum atomic E-state index is -0.00884. The van der Waals surface area contributed by atoms with Gasteiger partial charge in [0.2, 0.25) is 5.88 Å². The second-order valence-electron chi connectivity index (χ2n) is 6.60. The van der Waals surface area contributed by atoms with Crippen molar-refractivity contribution in [3.63, 3.8) is 0 Å². The Morgan fingerprint density at radius 1 is 1.12 bits per heavy atom. The largest absolute Gasteiger partial charge is 0.474 e. The summed E-state index contributed by atoms with van der Waals surface area (Å²) in [5.41, 5.74) is 0.520. The second-order valence-corrected chi connectivity index (χ2v) is 7.44. The van der Waals surface area contributed by atoms with E-state index in [4.69, 9.17) is 27.9 Å². The first kappa shape index (κ1) is 16.7. The summed E-state index contributed by atoms with van der Waals surface area (Å²) in [6.07, 6.45) is 5.48. The molecule has 2 atom stereocenters. The number of halogens is 2. The number of pyridine rings is 1. The molecule has 0 spiro atoms. The fourth-order valence-electron chi connectivity index (χ4n) is 3.94. The molecule has 6 heteroatoms. The van der Waals surface area contributed by atoms with Crippen molar-refractivity contribution in [1.82, 2.24) is 9.88 Å². The molecular formula is C19H18Cl2N2O2. The van der Waals surface area contributed by atoms with Crippen LogP contribution in [0.1, 0.15) is 36.0 Å². The lowest BCUT2D eigenvalue weighted by Gasteiger charge is -2.38. The highest BCUT2D eigenvalue weighted by molar-refractivity contribution is 6.36. The number of piperidine rings is 1. The van der Waals surface area contributed by atoms with Gasteiger partial charge in [0.1, 0.15) is 6.10 Å². The summed E-state index contributed by atoms with van der Waals surface area (Å²) >= 11 is 12.2. The molecule has 1 aromatic carbocycles. The molecule has 2 bridgehead atoms. The van der Waals surface area contributed by atoms with E-state index in [0.717, 1.165) is 25.7 Å². The average Bonchev–Trinajstić information content (AvgIpc) is 2.86. The van der Waals surface area contributed by atoms with Crippen LogP contribution in [0.15, 0.2) is 42.6 Å². The highest BCUT2D eigenvalue weighted by atomic mass is 35.5. The molecule has 2 fully saturated rings. The number of aromatic nitrogens is 1. The maximum Gasteiger partial charge on any atom is 0.255 e. The van der Waals surface area contributed by atoms with E-state index in [-0.39, 0.29) is 24.1 Å². The van der Waals surface area contributed by atoms with Crippen molar-refractivity contribution in [3.8, 4) is 5.88 Å². The first-order valence-electron chi connectivity index (χ1n) is 8.47. The van der Waals surface area contributed by atoms with Gasteiger partial charge < -0.3 is 9.64 Å². The van der Waals surface area contributed by atoms with Gasteiger partial charge in [-0.2, -0.15) is 0 Å². The molecule has 2 aromatic rings. The Morgan fingerprint density at radius 3 is 2.52 bits per heavy atom. The van der Waals surface area contributed by atoms with Gasteiger partial charge in [-0.1, -0.05) is 29.3 Å². The minimum absolute atomic E-state index is 0.00884. The maximum atomic E-state index is 13.0. The molecule has 2 aliphatic heterocycles. The summed E-state index contributed by atoms with van der Waals surface area (Å²) in [7, 11) is 0. The van der Waals surface area contributed by atoms with E-state index in [0.29, 0.717) is 21.5 Å². The summed E-state index contributed by atoms with van der Waals surface area (Å²) in [5, 5.41) is 0.941. The first-order valence-corrected chi connectivity index (χ1v) is 9.23. The van der Waals surface area contributed by atoms with Crippen LogP contribution < -0.4 is 4.74 Å². The van der Waals surface area contributed by atoms with Crippen molar-refractivity contribution >= 4 is 29.1 Å². The third-order valence-electron chi connectivity index (χ3n) is 5.01. The smallest absolute Gasteiger partial charge is 0.255 e. The quantitative estimate of drug-likeness (QED) is 0.785. The monoisotopic (exact) mass is 376 g/mol. The Morgan fingerprint density at radius 2 is 1.88 bits per heavy atom. The predicted octanol–water partition coefficient (Wildman–Crippen LogP) is 4.60. The van der Waals surface area contributed by atoms with Crippen LogP contribution in [-0.2, 0) is 0 Å². The van der Waals surface area contributed by atoms with Crippen LogP contribution in [0.4, 0.5) is 0 Å². The van der Waals surface area contributed by atoms with Crippen LogP contribution in [-0.4, -0.2) is 34.0 Å². The first-order chi connectivity index (χ1) is 12.1. The topological polar surface area (TPSA) is 42.4 Å². The van der Waals surface area contributed by atoms with E-state index in [1.54, 1.807) is 24.4 Å². The SMILES string of the molecule is O=C(c1ccc(Cl)cc1Cl)N1C2CCC1CC(Oc1ccccn1)C2. The molecule has 0 aliphatic carbocycles. The number of amides is 1. The zero-order valence-electron chi connectivity index (χ0n) is 13.6. The van der Waals surface area contributed by atoms with Gasteiger partial charge >= 0.3 is 0 Å². The molecule has 4 nitrogen and oxygen atoms in total. The van der Waals surface area contributed by atoms with Crippen molar-refractivity contribution in [2.75, 3.05) is 0 Å². The highest BCUT2D eigenvalue weighted by Gasteiger charge is 2.44. The molecule has 0 N–H and O–H groups in total. The lowest BCUT2D eigenvalue weighted by atomic mass is 9.98. The van der Waals surface area contributed by atoms with E-state index >= 15 is 0 Å². The van der Waals surface area contributed by atoms with E-state index in [9.17, 15) is 4.79 Å². The Hall–Kier alpha value is -1.78. The number of benzene rings is 1. The number of nitrogens with zero attached hydrogens (tertiary/aromatic N) is 2. The van der Waals surface area contributed by atoms with Crippen molar-refractivity contribution in [3.05, 3.63) is 58.2 Å². The molecule has 130 valence electrons. The number of fused-ring (bicyclic) bond motifs is 2. The highest BCUT2D eigenvalue weighted by Crippen LogP contribution is 2.39. The maximum absolute atomic E-state index is 13.0. The van der Waals surface area contributed by atoms with Crippen LogP contribution in [0, 0.1) is 0 Å². The van der Waals surface area contributed by atoms with Gasteiger partial charge in [0, 0.05) is 42.2 Å². The third-order valence-corrected chi connectivity index (χ3v) is 5.56. The van der Waals surface area contributed by atoms with Gasteiger partial charge in [0.05, 0.1) is 10.6 Å². The standard InChI is InChI=1S/C19H18Cl2N2O2/c20-12-4-7-16(17(21)9-12)19(24)23-13-5-6-14(23)11-15(10-13)25-18-3-1-2-8-22-18/h1-4,7-9,13-15H,5-6,10-11H2. The Balaban J connectivity index is 1.49. The Labute approximate surface area is 156 Å².